The molecule has 0 spiro atoms. The fraction of sp³-hybridized carbons (Fsp3) is 0.575. The van der Waals surface area contributed by atoms with E-state index in [0.717, 1.165) is 24.6 Å². The van der Waals surface area contributed by atoms with Crippen LogP contribution in [0.15, 0.2) is 67.6 Å². The van der Waals surface area contributed by atoms with Gasteiger partial charge in [0.25, 0.3) is 0 Å². The number of urea groups is 2. The van der Waals surface area contributed by atoms with Gasteiger partial charge in [-0.15, -0.1) is 0 Å². The molecule has 0 atom stereocenters. The second kappa shape index (κ2) is 25.9. The number of hydrogen-bond acceptors (Lipinski definition) is 10. The average Bonchev–Trinajstić information content (AvgIpc) is 3.82. The number of nitrogens with zero attached hydrogens (tertiary/aromatic N) is 10. The van der Waals surface area contributed by atoms with Crippen LogP contribution in [0.2, 0.25) is 0 Å². The van der Waals surface area contributed by atoms with E-state index in [1.165, 1.54) is 24.0 Å². The number of rotatable bonds is 1. The maximum atomic E-state index is 11.6. The number of carbonyl (C=O) groups is 2. The Hall–Kier alpha value is -4.39. The molecule has 4 amide bonds. The summed E-state index contributed by atoms with van der Waals surface area (Å²) in [6.07, 6.45) is 18.2. The van der Waals surface area contributed by atoms with Crippen LogP contribution in [0.1, 0.15) is 41.5 Å². The van der Waals surface area contributed by atoms with Gasteiger partial charge in [0.1, 0.15) is 5.82 Å². The number of pyridine rings is 1. The standard InChI is InChI=1S/C9H15N3.C8H17N2O2P.C7H15N2O2P.C6H7N.C5H8N2.C5H6N2/c1-8-6-11-12(7-8)9-2-4-10-5-3-9;1-9(2)8(11)10-4-6-13(3,12)7-5-10;1-8-7(10)9-3-5-12(2,11)6-4-9;1-6-4-2-3-5-7-6;1-5-3-6-7(2)4-5;1-5-6-3-2-4-7-5/h6-7,9-10H,2-5H2,1H3;4-7H2,1-3H3;3-6H2,1-2H3,(H,8,10);2-5H,1H3;3-4H,1-2H3;2-4H,1H3. The summed E-state index contributed by atoms with van der Waals surface area (Å²) < 4.78 is 27.0. The summed E-state index contributed by atoms with van der Waals surface area (Å²) in [6.45, 7) is 16.4. The third-order valence-corrected chi connectivity index (χ3v) is 13.9. The third kappa shape index (κ3) is 20.9. The predicted octanol–water partition coefficient (Wildman–Crippen LogP) is 5.63. The van der Waals surface area contributed by atoms with E-state index in [4.69, 9.17) is 0 Å². The van der Waals surface area contributed by atoms with Gasteiger partial charge in [-0.2, -0.15) is 10.2 Å². The number of carbonyl (C=O) groups excluding carboxylic acids is 2. The van der Waals surface area contributed by atoms with E-state index in [1.54, 1.807) is 65.2 Å². The van der Waals surface area contributed by atoms with Crippen molar-refractivity contribution in [2.45, 2.75) is 46.6 Å². The van der Waals surface area contributed by atoms with E-state index in [-0.39, 0.29) is 12.1 Å². The van der Waals surface area contributed by atoms with E-state index >= 15 is 0 Å². The van der Waals surface area contributed by atoms with Gasteiger partial charge in [0.2, 0.25) is 0 Å². The molecule has 3 aliphatic heterocycles. The lowest BCUT2D eigenvalue weighted by Gasteiger charge is -2.32. The highest BCUT2D eigenvalue weighted by Gasteiger charge is 2.27. The minimum absolute atomic E-state index is 0.0275. The highest BCUT2D eigenvalue weighted by atomic mass is 31.2. The number of aromatic nitrogens is 7. The first-order valence-electron chi connectivity index (χ1n) is 19.7. The summed E-state index contributed by atoms with van der Waals surface area (Å²) in [5, 5.41) is 14.2. The Labute approximate surface area is 346 Å². The van der Waals surface area contributed by atoms with Crippen molar-refractivity contribution in [3.63, 3.8) is 0 Å². The maximum absolute atomic E-state index is 11.6. The molecule has 0 unspecified atom stereocenters. The highest BCUT2D eigenvalue weighted by Crippen LogP contribution is 2.43. The SMILES string of the molecule is CN(C)C(=O)N1CCP(C)(=O)CC1.CNC(=O)N1CCP(C)(=O)CC1.Cc1ccccn1.Cc1cnn(C)c1.Cc1cnn(C2CCNCC2)c1.Cc1ncccn1. The second-order valence-corrected chi connectivity index (χ2v) is 22.1. The Balaban J connectivity index is 0.000000245. The summed E-state index contributed by atoms with van der Waals surface area (Å²) in [4.78, 5) is 39.3. The van der Waals surface area contributed by atoms with Gasteiger partial charge in [-0.3, -0.25) is 14.3 Å². The first kappa shape index (κ1) is 49.8. The Morgan fingerprint density at radius 1 is 0.759 bits per heavy atom. The molecule has 16 nitrogen and oxygen atoms in total. The van der Waals surface area contributed by atoms with E-state index in [9.17, 15) is 18.7 Å². The van der Waals surface area contributed by atoms with Gasteiger partial charge < -0.3 is 34.5 Å². The molecule has 0 aromatic carbocycles. The van der Waals surface area contributed by atoms with E-state index < -0.39 is 14.3 Å². The molecule has 3 saturated heterocycles. The number of aryl methyl sites for hydroxylation is 5. The lowest BCUT2D eigenvalue weighted by atomic mass is 10.1. The molecule has 7 heterocycles. The molecule has 3 aliphatic rings. The van der Waals surface area contributed by atoms with E-state index in [1.807, 2.05) is 77.9 Å². The number of piperidine rings is 1. The van der Waals surface area contributed by atoms with Crippen LogP contribution >= 0.6 is 14.3 Å². The minimum Gasteiger partial charge on any atom is -0.341 e. The second-order valence-electron chi connectivity index (χ2n) is 15.1. The van der Waals surface area contributed by atoms with Crippen LogP contribution < -0.4 is 10.6 Å². The van der Waals surface area contributed by atoms with Crippen LogP contribution in [0.3, 0.4) is 0 Å². The summed E-state index contributed by atoms with van der Waals surface area (Å²) in [6, 6.07) is 8.25. The smallest absolute Gasteiger partial charge is 0.319 e. The van der Waals surface area contributed by atoms with Crippen molar-refractivity contribution in [1.82, 2.24) is 59.8 Å². The van der Waals surface area contributed by atoms with E-state index in [0.29, 0.717) is 56.9 Å². The van der Waals surface area contributed by atoms with Crippen molar-refractivity contribution in [3.8, 4) is 0 Å². The molecule has 58 heavy (non-hydrogen) atoms. The molecule has 0 radical (unpaired) electrons. The minimum atomic E-state index is -1.91. The third-order valence-electron chi connectivity index (χ3n) is 9.28. The predicted molar refractivity (Wildman–Crippen MR) is 235 cm³/mol. The summed E-state index contributed by atoms with van der Waals surface area (Å²) in [5.74, 6) is 0.822. The van der Waals surface area contributed by atoms with Crippen LogP contribution in [0.5, 0.6) is 0 Å². The average molecular weight is 843 g/mol. The first-order valence-corrected chi connectivity index (χ1v) is 24.8. The van der Waals surface area contributed by atoms with Gasteiger partial charge in [0.05, 0.1) is 32.7 Å². The van der Waals surface area contributed by atoms with Crippen molar-refractivity contribution < 1.29 is 18.7 Å². The fourth-order valence-electron chi connectivity index (χ4n) is 5.68. The zero-order valence-electron chi connectivity index (χ0n) is 36.4. The molecule has 4 aromatic rings. The van der Waals surface area contributed by atoms with Crippen molar-refractivity contribution in [2.24, 2.45) is 7.05 Å². The quantitative estimate of drug-likeness (QED) is 0.229. The van der Waals surface area contributed by atoms with Crippen molar-refractivity contribution in [3.05, 3.63) is 90.3 Å². The van der Waals surface area contributed by atoms with Gasteiger partial charge in [0.15, 0.2) is 0 Å². The van der Waals surface area contributed by atoms with Gasteiger partial charge in [-0.25, -0.2) is 19.6 Å². The van der Waals surface area contributed by atoms with E-state index in [2.05, 4.69) is 53.6 Å². The van der Waals surface area contributed by atoms with Crippen LogP contribution in [0.25, 0.3) is 0 Å². The zero-order chi connectivity index (χ0) is 43.1. The molecule has 0 saturated carbocycles. The summed E-state index contributed by atoms with van der Waals surface area (Å²) in [7, 11) is 3.20. The molecular formula is C40H68N12O4P2. The largest absolute Gasteiger partial charge is 0.341 e. The molecule has 7 rings (SSSR count). The summed E-state index contributed by atoms with van der Waals surface area (Å²) >= 11 is 0. The number of hydrogen-bond donors (Lipinski definition) is 2. The van der Waals surface area contributed by atoms with Crippen LogP contribution in [-0.4, -0.2) is 160 Å². The number of nitrogens with one attached hydrogen (secondary N) is 2. The lowest BCUT2D eigenvalue weighted by molar-refractivity contribution is 0.175. The Bertz CT molecular complexity index is 1770. The lowest BCUT2D eigenvalue weighted by Crippen LogP contribution is -2.44. The molecule has 0 bridgehead atoms. The Kier molecular flexibility index (Phi) is 22.2. The monoisotopic (exact) mass is 842 g/mol. The maximum Gasteiger partial charge on any atom is 0.319 e. The molecule has 322 valence electrons. The van der Waals surface area contributed by atoms with Gasteiger partial charge in [0, 0.05) is 116 Å². The van der Waals surface area contributed by atoms with Crippen LogP contribution in [0.4, 0.5) is 9.59 Å². The molecule has 4 aromatic heterocycles. The van der Waals surface area contributed by atoms with Crippen LogP contribution in [0, 0.1) is 27.7 Å². The van der Waals surface area contributed by atoms with Crippen molar-refractivity contribution in [2.75, 3.05) is 98.4 Å². The van der Waals surface area contributed by atoms with Crippen molar-refractivity contribution in [1.29, 1.82) is 0 Å². The normalized spacial score (nSPS) is 16.7. The molecule has 2 N–H and O–H groups in total. The van der Waals surface area contributed by atoms with Gasteiger partial charge in [-0.1, -0.05) is 6.07 Å². The fourth-order valence-corrected chi connectivity index (χ4v) is 8.79. The molecular weight excluding hydrogens is 774 g/mol. The highest BCUT2D eigenvalue weighted by molar-refractivity contribution is 7.63. The van der Waals surface area contributed by atoms with Crippen molar-refractivity contribution >= 4 is 26.3 Å². The van der Waals surface area contributed by atoms with Crippen LogP contribution in [-0.2, 0) is 16.2 Å². The molecule has 0 aliphatic carbocycles. The van der Waals surface area contributed by atoms with Gasteiger partial charge in [-0.05, 0) is 96.3 Å². The topological polar surface area (TPSA) is 176 Å². The molecule has 18 heteroatoms. The molecule has 3 fully saturated rings. The Morgan fingerprint density at radius 3 is 1.62 bits per heavy atom. The van der Waals surface area contributed by atoms with Gasteiger partial charge >= 0.3 is 12.1 Å². The Morgan fingerprint density at radius 2 is 1.28 bits per heavy atom. The number of amides is 4. The summed E-state index contributed by atoms with van der Waals surface area (Å²) in [5.41, 5.74) is 3.54. The zero-order valence-corrected chi connectivity index (χ0v) is 38.2. The first-order chi connectivity index (χ1) is 27.4.